The number of rotatable bonds is 6. The zero-order valence-corrected chi connectivity index (χ0v) is 16.1. The number of ether oxygens (including phenoxy) is 2. The van der Waals surface area contributed by atoms with E-state index in [1.807, 2.05) is 0 Å². The first kappa shape index (κ1) is 20.0. The SMILES string of the molecule is COc1ccc(OC)c([C@H]2CCCN2S(=O)(=O)c2ccc(F)c([N+](=O)[O-])c2)c1. The van der Waals surface area contributed by atoms with Crippen molar-refractivity contribution in [3.63, 3.8) is 0 Å². The molecule has 0 unspecified atom stereocenters. The highest BCUT2D eigenvalue weighted by Crippen LogP contribution is 2.42. The Labute approximate surface area is 161 Å². The number of halogens is 1. The topological polar surface area (TPSA) is 99.0 Å². The number of sulfonamides is 1. The van der Waals surface area contributed by atoms with Crippen LogP contribution in [0.25, 0.3) is 0 Å². The number of nitro benzene ring substituents is 1. The average molecular weight is 410 g/mol. The molecule has 2 aromatic rings. The third kappa shape index (κ3) is 3.52. The summed E-state index contributed by atoms with van der Waals surface area (Å²) in [7, 11) is -1.09. The van der Waals surface area contributed by atoms with Crippen molar-refractivity contribution in [1.29, 1.82) is 0 Å². The van der Waals surface area contributed by atoms with Gasteiger partial charge in [-0.1, -0.05) is 0 Å². The highest BCUT2D eigenvalue weighted by Gasteiger charge is 2.38. The van der Waals surface area contributed by atoms with Gasteiger partial charge in [0, 0.05) is 18.2 Å². The summed E-state index contributed by atoms with van der Waals surface area (Å²) in [5, 5.41) is 11.0. The molecule has 0 N–H and O–H groups in total. The van der Waals surface area contributed by atoms with Crippen LogP contribution in [0.1, 0.15) is 24.4 Å². The number of nitrogens with zero attached hydrogens (tertiary/aromatic N) is 2. The molecule has 1 saturated heterocycles. The molecule has 10 heteroatoms. The lowest BCUT2D eigenvalue weighted by Gasteiger charge is -2.26. The predicted molar refractivity (Wildman–Crippen MR) is 98.5 cm³/mol. The van der Waals surface area contributed by atoms with E-state index in [-0.39, 0.29) is 11.4 Å². The van der Waals surface area contributed by atoms with Crippen molar-refractivity contribution in [2.75, 3.05) is 20.8 Å². The molecule has 150 valence electrons. The summed E-state index contributed by atoms with van der Waals surface area (Å²) in [5.74, 6) is -0.0214. The quantitative estimate of drug-likeness (QED) is 0.535. The van der Waals surface area contributed by atoms with E-state index in [4.69, 9.17) is 9.47 Å². The normalized spacial score (nSPS) is 17.5. The molecular formula is C18H19FN2O6S. The van der Waals surface area contributed by atoms with Gasteiger partial charge in [-0.3, -0.25) is 10.1 Å². The molecule has 0 amide bonds. The molecule has 8 nitrogen and oxygen atoms in total. The van der Waals surface area contributed by atoms with E-state index >= 15 is 0 Å². The maximum absolute atomic E-state index is 13.6. The molecule has 1 fully saturated rings. The van der Waals surface area contributed by atoms with Gasteiger partial charge in [-0.05, 0) is 43.2 Å². The van der Waals surface area contributed by atoms with Crippen LogP contribution in [-0.2, 0) is 10.0 Å². The summed E-state index contributed by atoms with van der Waals surface area (Å²) < 4.78 is 51.8. The number of hydrogen-bond donors (Lipinski definition) is 0. The Morgan fingerprint density at radius 2 is 1.93 bits per heavy atom. The lowest BCUT2D eigenvalue weighted by Crippen LogP contribution is -2.31. The van der Waals surface area contributed by atoms with Crippen LogP contribution in [0.4, 0.5) is 10.1 Å². The van der Waals surface area contributed by atoms with E-state index in [1.165, 1.54) is 18.5 Å². The van der Waals surface area contributed by atoms with Crippen LogP contribution in [0.3, 0.4) is 0 Å². The Bertz CT molecular complexity index is 1010. The van der Waals surface area contributed by atoms with Crippen LogP contribution in [0.5, 0.6) is 11.5 Å². The number of methoxy groups -OCH3 is 2. The summed E-state index contributed by atoms with van der Waals surface area (Å²) >= 11 is 0. The predicted octanol–water partition coefficient (Wildman–Crippen LogP) is 3.28. The summed E-state index contributed by atoms with van der Waals surface area (Å²) in [4.78, 5) is 9.72. The van der Waals surface area contributed by atoms with Gasteiger partial charge in [0.2, 0.25) is 15.8 Å². The van der Waals surface area contributed by atoms with Gasteiger partial charge in [0.05, 0.1) is 30.1 Å². The standard InChI is InChI=1S/C18H19FN2O6S/c1-26-12-5-8-18(27-2)14(10-12)16-4-3-9-20(16)28(24,25)13-6-7-15(19)17(11-13)21(22)23/h5-8,10-11,16H,3-4,9H2,1-2H3/t16-/m1/s1. The van der Waals surface area contributed by atoms with Crippen molar-refractivity contribution in [1.82, 2.24) is 4.31 Å². The summed E-state index contributed by atoms with van der Waals surface area (Å²) in [6.45, 7) is 0.235. The van der Waals surface area contributed by atoms with Gasteiger partial charge in [-0.2, -0.15) is 8.70 Å². The van der Waals surface area contributed by atoms with Gasteiger partial charge >= 0.3 is 5.69 Å². The van der Waals surface area contributed by atoms with Gasteiger partial charge in [0.25, 0.3) is 0 Å². The van der Waals surface area contributed by atoms with E-state index in [0.717, 1.165) is 18.2 Å². The third-order valence-corrected chi connectivity index (χ3v) is 6.62. The number of hydrogen-bond acceptors (Lipinski definition) is 6. The molecule has 0 bridgehead atoms. The highest BCUT2D eigenvalue weighted by molar-refractivity contribution is 7.89. The van der Waals surface area contributed by atoms with Crippen molar-refractivity contribution in [2.24, 2.45) is 0 Å². The monoisotopic (exact) mass is 410 g/mol. The Morgan fingerprint density at radius 1 is 1.18 bits per heavy atom. The maximum Gasteiger partial charge on any atom is 0.306 e. The molecule has 3 rings (SSSR count). The molecule has 1 aliphatic rings. The second-order valence-corrected chi connectivity index (χ2v) is 8.14. The first-order valence-electron chi connectivity index (χ1n) is 8.47. The van der Waals surface area contributed by atoms with Gasteiger partial charge in [-0.15, -0.1) is 0 Å². The zero-order chi connectivity index (χ0) is 20.5. The fourth-order valence-corrected chi connectivity index (χ4v) is 5.06. The van der Waals surface area contributed by atoms with Crippen molar-refractivity contribution >= 4 is 15.7 Å². The van der Waals surface area contributed by atoms with Gasteiger partial charge in [0.15, 0.2) is 0 Å². The van der Waals surface area contributed by atoms with E-state index < -0.39 is 32.5 Å². The van der Waals surface area contributed by atoms with E-state index in [2.05, 4.69) is 0 Å². The molecule has 0 aromatic heterocycles. The molecule has 1 heterocycles. The Morgan fingerprint density at radius 3 is 2.57 bits per heavy atom. The fraction of sp³-hybridized carbons (Fsp3) is 0.333. The van der Waals surface area contributed by atoms with Crippen LogP contribution in [0.15, 0.2) is 41.3 Å². The number of benzene rings is 2. The molecule has 0 saturated carbocycles. The largest absolute Gasteiger partial charge is 0.497 e. The van der Waals surface area contributed by atoms with Gasteiger partial charge < -0.3 is 9.47 Å². The molecule has 28 heavy (non-hydrogen) atoms. The van der Waals surface area contributed by atoms with Gasteiger partial charge in [-0.25, -0.2) is 8.42 Å². The van der Waals surface area contributed by atoms with Crippen molar-refractivity contribution in [2.45, 2.75) is 23.8 Å². The molecule has 0 spiro atoms. The summed E-state index contributed by atoms with van der Waals surface area (Å²) in [5.41, 5.74) is -0.240. The summed E-state index contributed by atoms with van der Waals surface area (Å²) in [6, 6.07) is 7.17. The van der Waals surface area contributed by atoms with Crippen LogP contribution < -0.4 is 9.47 Å². The Balaban J connectivity index is 2.06. The van der Waals surface area contributed by atoms with Crippen LogP contribution in [-0.4, -0.2) is 38.4 Å². The Kier molecular flexibility index (Phi) is 5.52. The van der Waals surface area contributed by atoms with E-state index in [9.17, 15) is 22.9 Å². The Hall–Kier alpha value is -2.72. The van der Waals surface area contributed by atoms with Crippen LogP contribution in [0.2, 0.25) is 0 Å². The third-order valence-electron chi connectivity index (χ3n) is 4.72. The minimum atomic E-state index is -4.09. The number of nitro groups is 1. The zero-order valence-electron chi connectivity index (χ0n) is 15.3. The van der Waals surface area contributed by atoms with E-state index in [0.29, 0.717) is 29.9 Å². The summed E-state index contributed by atoms with van der Waals surface area (Å²) in [6.07, 6.45) is 1.15. The minimum absolute atomic E-state index is 0.235. The molecule has 1 atom stereocenters. The van der Waals surface area contributed by atoms with E-state index in [1.54, 1.807) is 18.2 Å². The lowest BCUT2D eigenvalue weighted by molar-refractivity contribution is -0.387. The minimum Gasteiger partial charge on any atom is -0.497 e. The molecule has 2 aromatic carbocycles. The lowest BCUT2D eigenvalue weighted by atomic mass is 10.0. The van der Waals surface area contributed by atoms with Crippen molar-refractivity contribution in [3.8, 4) is 11.5 Å². The van der Waals surface area contributed by atoms with Gasteiger partial charge in [0.1, 0.15) is 11.5 Å². The average Bonchev–Trinajstić information content (AvgIpc) is 3.18. The molecule has 0 radical (unpaired) electrons. The highest BCUT2D eigenvalue weighted by atomic mass is 32.2. The first-order valence-corrected chi connectivity index (χ1v) is 9.91. The maximum atomic E-state index is 13.6. The van der Waals surface area contributed by atoms with Crippen molar-refractivity contribution < 1.29 is 27.2 Å². The van der Waals surface area contributed by atoms with Crippen LogP contribution in [0, 0.1) is 15.9 Å². The second kappa shape index (κ2) is 7.72. The molecule has 0 aliphatic carbocycles. The fourth-order valence-electron chi connectivity index (χ4n) is 3.37. The van der Waals surface area contributed by atoms with Crippen LogP contribution >= 0.6 is 0 Å². The smallest absolute Gasteiger partial charge is 0.306 e. The molecule has 1 aliphatic heterocycles. The second-order valence-electron chi connectivity index (χ2n) is 6.25. The molecular weight excluding hydrogens is 391 g/mol. The first-order chi connectivity index (χ1) is 13.3. The van der Waals surface area contributed by atoms with Crippen molar-refractivity contribution in [3.05, 3.63) is 57.9 Å².